The fourth-order valence-corrected chi connectivity index (χ4v) is 2.23. The van der Waals surface area contributed by atoms with Crippen molar-refractivity contribution in [2.24, 2.45) is 5.10 Å². The van der Waals surface area contributed by atoms with E-state index in [-0.39, 0.29) is 5.91 Å². The van der Waals surface area contributed by atoms with Crippen LogP contribution in [0.15, 0.2) is 90.3 Å². The van der Waals surface area contributed by atoms with Gasteiger partial charge in [0.1, 0.15) is 5.75 Å². The van der Waals surface area contributed by atoms with Gasteiger partial charge in [0.15, 0.2) is 0 Å². The minimum atomic E-state index is -0.463. The number of ether oxygens (including phenoxy) is 1. The molecule has 0 unspecified atom stereocenters. The zero-order valence-electron chi connectivity index (χ0n) is 14.9. The molecule has 0 fully saturated rings. The molecule has 0 aliphatic carbocycles. The van der Waals surface area contributed by atoms with Crippen LogP contribution in [0.25, 0.3) is 6.08 Å². The lowest BCUT2D eigenvalue weighted by atomic mass is 10.2. The highest BCUT2D eigenvalue weighted by molar-refractivity contribution is 5.94. The fourth-order valence-electron chi connectivity index (χ4n) is 2.23. The van der Waals surface area contributed by atoms with Gasteiger partial charge in [0, 0.05) is 24.0 Å². The largest absolute Gasteiger partial charge is 0.423 e. The predicted molar refractivity (Wildman–Crippen MR) is 107 cm³/mol. The van der Waals surface area contributed by atoms with E-state index in [9.17, 15) is 9.59 Å². The maximum atomic E-state index is 11.9. The van der Waals surface area contributed by atoms with Crippen LogP contribution >= 0.6 is 0 Å². The van der Waals surface area contributed by atoms with Crippen molar-refractivity contribution in [2.75, 3.05) is 0 Å². The molecule has 0 spiro atoms. The summed E-state index contributed by atoms with van der Waals surface area (Å²) < 4.78 is 5.25. The molecule has 0 saturated heterocycles. The van der Waals surface area contributed by atoms with Crippen molar-refractivity contribution in [1.29, 1.82) is 0 Å². The van der Waals surface area contributed by atoms with Crippen LogP contribution in [0.1, 0.15) is 21.5 Å². The van der Waals surface area contributed by atoms with Crippen molar-refractivity contribution in [3.63, 3.8) is 0 Å². The van der Waals surface area contributed by atoms with Gasteiger partial charge in [-0.15, -0.1) is 0 Å². The number of hydrazone groups is 1. The first-order valence-electron chi connectivity index (χ1n) is 8.49. The molecule has 0 radical (unpaired) electrons. The third-order valence-electron chi connectivity index (χ3n) is 3.63. The molecule has 1 aromatic heterocycles. The number of amides is 1. The van der Waals surface area contributed by atoms with Crippen LogP contribution < -0.4 is 10.2 Å². The Morgan fingerprint density at radius 1 is 0.893 bits per heavy atom. The Hall–Kier alpha value is -4.06. The van der Waals surface area contributed by atoms with E-state index in [1.165, 1.54) is 24.7 Å². The standard InChI is InChI=1S/C22H17N3O3/c26-21(11-8-17-4-2-1-3-5-17)28-20-9-6-18(7-10-20)16-24-25-22(27)19-12-14-23-15-13-19/h1-16H,(H,25,27). The predicted octanol–water partition coefficient (Wildman–Crippen LogP) is 3.46. The molecule has 1 heterocycles. The Bertz CT molecular complexity index is 983. The van der Waals surface area contributed by atoms with Gasteiger partial charge in [-0.2, -0.15) is 5.10 Å². The number of nitrogens with zero attached hydrogens (tertiary/aromatic N) is 2. The second kappa shape index (κ2) is 9.59. The van der Waals surface area contributed by atoms with Crippen LogP contribution in [-0.2, 0) is 4.79 Å². The van der Waals surface area contributed by atoms with Crippen molar-refractivity contribution in [3.8, 4) is 5.75 Å². The zero-order chi connectivity index (χ0) is 19.6. The minimum absolute atomic E-state index is 0.325. The number of benzene rings is 2. The molecule has 6 nitrogen and oxygen atoms in total. The molecule has 0 aliphatic heterocycles. The first-order chi connectivity index (χ1) is 13.7. The lowest BCUT2D eigenvalue weighted by Gasteiger charge is -2.02. The smallest absolute Gasteiger partial charge is 0.336 e. The summed E-state index contributed by atoms with van der Waals surface area (Å²) in [6, 6.07) is 19.4. The van der Waals surface area contributed by atoms with Crippen LogP contribution in [0.5, 0.6) is 5.75 Å². The zero-order valence-corrected chi connectivity index (χ0v) is 14.9. The second-order valence-electron chi connectivity index (χ2n) is 5.67. The molecule has 0 atom stereocenters. The molecular weight excluding hydrogens is 354 g/mol. The summed E-state index contributed by atoms with van der Waals surface area (Å²) in [5.41, 5.74) is 4.57. The average molecular weight is 371 g/mol. The van der Waals surface area contributed by atoms with Gasteiger partial charge in [-0.05, 0) is 53.6 Å². The maximum absolute atomic E-state index is 11.9. The number of rotatable bonds is 6. The van der Waals surface area contributed by atoms with Gasteiger partial charge in [0.2, 0.25) is 0 Å². The van der Waals surface area contributed by atoms with Gasteiger partial charge in [-0.25, -0.2) is 10.2 Å². The molecule has 138 valence electrons. The summed E-state index contributed by atoms with van der Waals surface area (Å²) in [6.45, 7) is 0. The second-order valence-corrected chi connectivity index (χ2v) is 5.67. The molecule has 3 rings (SSSR count). The van der Waals surface area contributed by atoms with Gasteiger partial charge < -0.3 is 4.74 Å². The highest BCUT2D eigenvalue weighted by Gasteiger charge is 2.03. The van der Waals surface area contributed by atoms with Crippen LogP contribution in [0.4, 0.5) is 0 Å². The Kier molecular flexibility index (Phi) is 6.41. The van der Waals surface area contributed by atoms with Crippen LogP contribution in [-0.4, -0.2) is 23.1 Å². The molecular formula is C22H17N3O3. The van der Waals surface area contributed by atoms with Crippen molar-refractivity contribution in [3.05, 3.63) is 102 Å². The third-order valence-corrected chi connectivity index (χ3v) is 3.63. The van der Waals surface area contributed by atoms with E-state index in [0.717, 1.165) is 11.1 Å². The highest BCUT2D eigenvalue weighted by atomic mass is 16.5. The number of hydrogen-bond acceptors (Lipinski definition) is 5. The Balaban J connectivity index is 1.51. The van der Waals surface area contributed by atoms with E-state index < -0.39 is 5.97 Å². The topological polar surface area (TPSA) is 80.6 Å². The Morgan fingerprint density at radius 2 is 1.61 bits per heavy atom. The minimum Gasteiger partial charge on any atom is -0.423 e. The summed E-state index contributed by atoms with van der Waals surface area (Å²) in [4.78, 5) is 27.6. The van der Waals surface area contributed by atoms with Crippen molar-refractivity contribution >= 4 is 24.2 Å². The summed E-state index contributed by atoms with van der Waals surface area (Å²) in [5.74, 6) is -0.370. The third kappa shape index (κ3) is 5.74. The van der Waals surface area contributed by atoms with E-state index in [4.69, 9.17) is 4.74 Å². The van der Waals surface area contributed by atoms with E-state index in [2.05, 4.69) is 15.5 Å². The quantitative estimate of drug-likeness (QED) is 0.237. The lowest BCUT2D eigenvalue weighted by molar-refractivity contribution is -0.128. The lowest BCUT2D eigenvalue weighted by Crippen LogP contribution is -2.17. The molecule has 0 bridgehead atoms. The van der Waals surface area contributed by atoms with Crippen LogP contribution in [0.3, 0.4) is 0 Å². The van der Waals surface area contributed by atoms with E-state index in [1.807, 2.05) is 30.3 Å². The molecule has 28 heavy (non-hydrogen) atoms. The van der Waals surface area contributed by atoms with Gasteiger partial charge in [0.25, 0.3) is 5.91 Å². The van der Waals surface area contributed by atoms with Crippen LogP contribution in [0.2, 0.25) is 0 Å². The fraction of sp³-hybridized carbons (Fsp3) is 0. The number of esters is 1. The summed E-state index contributed by atoms with van der Waals surface area (Å²) in [5, 5.41) is 3.91. The van der Waals surface area contributed by atoms with Gasteiger partial charge in [-0.1, -0.05) is 30.3 Å². The average Bonchev–Trinajstić information content (AvgIpc) is 2.75. The number of carbonyl (C=O) groups is 2. The van der Waals surface area contributed by atoms with E-state index in [0.29, 0.717) is 11.3 Å². The number of nitrogens with one attached hydrogen (secondary N) is 1. The molecule has 1 N–H and O–H groups in total. The van der Waals surface area contributed by atoms with Crippen molar-refractivity contribution in [2.45, 2.75) is 0 Å². The summed E-state index contributed by atoms with van der Waals surface area (Å²) in [6.07, 6.45) is 7.63. The Labute approximate surface area is 162 Å². The summed E-state index contributed by atoms with van der Waals surface area (Å²) >= 11 is 0. The van der Waals surface area contributed by atoms with Crippen LogP contribution in [0, 0.1) is 0 Å². The highest BCUT2D eigenvalue weighted by Crippen LogP contribution is 2.12. The number of pyridine rings is 1. The van der Waals surface area contributed by atoms with Crippen molar-refractivity contribution < 1.29 is 14.3 Å². The van der Waals surface area contributed by atoms with Crippen molar-refractivity contribution in [1.82, 2.24) is 10.4 Å². The first-order valence-corrected chi connectivity index (χ1v) is 8.49. The van der Waals surface area contributed by atoms with Gasteiger partial charge in [0.05, 0.1) is 6.21 Å². The Morgan fingerprint density at radius 3 is 2.32 bits per heavy atom. The SMILES string of the molecule is O=C(C=Cc1ccccc1)Oc1ccc(C=NNC(=O)c2ccncc2)cc1. The van der Waals surface area contributed by atoms with E-state index in [1.54, 1.807) is 42.5 Å². The number of aromatic nitrogens is 1. The normalized spacial score (nSPS) is 10.9. The van der Waals surface area contributed by atoms with E-state index >= 15 is 0 Å². The molecule has 6 heteroatoms. The molecule has 1 amide bonds. The molecule has 0 saturated carbocycles. The molecule has 0 aliphatic rings. The monoisotopic (exact) mass is 371 g/mol. The number of hydrogen-bond donors (Lipinski definition) is 1. The molecule has 2 aromatic carbocycles. The maximum Gasteiger partial charge on any atom is 0.336 e. The molecule has 3 aromatic rings. The van der Waals surface area contributed by atoms with Gasteiger partial charge >= 0.3 is 5.97 Å². The number of carbonyl (C=O) groups excluding carboxylic acids is 2. The summed E-state index contributed by atoms with van der Waals surface area (Å²) in [7, 11) is 0. The first kappa shape index (κ1) is 18.7. The van der Waals surface area contributed by atoms with Gasteiger partial charge in [-0.3, -0.25) is 9.78 Å².